The number of aliphatic imine (C=N–C) groups is 1. The second kappa shape index (κ2) is 3.89. The molecule has 1 aliphatic rings. The van der Waals surface area contributed by atoms with Crippen molar-refractivity contribution in [3.63, 3.8) is 0 Å². The van der Waals surface area contributed by atoms with Crippen LogP contribution in [0.2, 0.25) is 0 Å². The van der Waals surface area contributed by atoms with Gasteiger partial charge in [0.15, 0.2) is 0 Å². The fraction of sp³-hybridized carbons (Fsp3) is 0.167. The summed E-state index contributed by atoms with van der Waals surface area (Å²) < 4.78 is 0. The molecule has 0 aromatic heterocycles. The van der Waals surface area contributed by atoms with E-state index >= 15 is 0 Å². The van der Waals surface area contributed by atoms with Crippen LogP contribution in [-0.2, 0) is 0 Å². The van der Waals surface area contributed by atoms with E-state index < -0.39 is 0 Å². The lowest BCUT2D eigenvalue weighted by Gasteiger charge is -2.07. The van der Waals surface area contributed by atoms with Gasteiger partial charge in [-0.1, -0.05) is 12.1 Å². The molecule has 68 valence electrons. The molecule has 2 heteroatoms. The van der Waals surface area contributed by atoms with Gasteiger partial charge < -0.3 is 0 Å². The minimum absolute atomic E-state index is 0.702. The lowest BCUT2D eigenvalue weighted by atomic mass is 10.0. The SMILES string of the molecule is N#Cc1ccc(C2=CN=CCC2)cc1. The molecule has 0 amide bonds. The number of benzene rings is 1. The van der Waals surface area contributed by atoms with Crippen LogP contribution in [0.4, 0.5) is 0 Å². The summed E-state index contributed by atoms with van der Waals surface area (Å²) in [5.74, 6) is 0. The average molecular weight is 182 g/mol. The largest absolute Gasteiger partial charge is 0.269 e. The zero-order valence-corrected chi connectivity index (χ0v) is 7.77. The van der Waals surface area contributed by atoms with Gasteiger partial charge in [-0.05, 0) is 36.1 Å². The zero-order valence-electron chi connectivity index (χ0n) is 7.77. The molecule has 0 N–H and O–H groups in total. The van der Waals surface area contributed by atoms with E-state index in [1.165, 1.54) is 11.1 Å². The van der Waals surface area contributed by atoms with Gasteiger partial charge in [0.05, 0.1) is 11.6 Å². The first-order valence-corrected chi connectivity index (χ1v) is 4.61. The molecule has 0 saturated heterocycles. The number of hydrogen-bond acceptors (Lipinski definition) is 2. The number of nitriles is 1. The van der Waals surface area contributed by atoms with Crippen molar-refractivity contribution in [3.8, 4) is 6.07 Å². The highest BCUT2D eigenvalue weighted by Crippen LogP contribution is 2.21. The normalized spacial score (nSPS) is 14.6. The van der Waals surface area contributed by atoms with Gasteiger partial charge in [0.25, 0.3) is 0 Å². The van der Waals surface area contributed by atoms with Crippen LogP contribution in [0.25, 0.3) is 5.57 Å². The fourth-order valence-electron chi connectivity index (χ4n) is 1.48. The fourth-order valence-corrected chi connectivity index (χ4v) is 1.48. The highest BCUT2D eigenvalue weighted by atomic mass is 14.7. The number of rotatable bonds is 1. The van der Waals surface area contributed by atoms with Gasteiger partial charge in [0.2, 0.25) is 0 Å². The molecule has 1 aliphatic heterocycles. The van der Waals surface area contributed by atoms with E-state index in [0.29, 0.717) is 5.56 Å². The Kier molecular flexibility index (Phi) is 2.42. The molecular weight excluding hydrogens is 172 g/mol. The molecule has 0 radical (unpaired) electrons. The van der Waals surface area contributed by atoms with Crippen LogP contribution in [0.1, 0.15) is 24.0 Å². The van der Waals surface area contributed by atoms with Gasteiger partial charge in [-0.3, -0.25) is 4.99 Å². The van der Waals surface area contributed by atoms with E-state index in [2.05, 4.69) is 11.1 Å². The molecule has 1 heterocycles. The van der Waals surface area contributed by atoms with E-state index in [0.717, 1.165) is 12.8 Å². The maximum atomic E-state index is 8.65. The molecule has 1 aromatic rings. The zero-order chi connectivity index (χ0) is 9.80. The van der Waals surface area contributed by atoms with E-state index in [9.17, 15) is 0 Å². The van der Waals surface area contributed by atoms with Crippen LogP contribution >= 0.6 is 0 Å². The Morgan fingerprint density at radius 3 is 2.57 bits per heavy atom. The Balaban J connectivity index is 2.29. The van der Waals surface area contributed by atoms with Crippen LogP contribution in [-0.4, -0.2) is 6.21 Å². The van der Waals surface area contributed by atoms with Crippen molar-refractivity contribution in [1.82, 2.24) is 0 Å². The van der Waals surface area contributed by atoms with Crippen LogP contribution in [0.15, 0.2) is 35.5 Å². The van der Waals surface area contributed by atoms with Gasteiger partial charge in [0.1, 0.15) is 0 Å². The lowest BCUT2D eigenvalue weighted by Crippen LogP contribution is -1.90. The molecule has 2 nitrogen and oxygen atoms in total. The lowest BCUT2D eigenvalue weighted by molar-refractivity contribution is 1.10. The van der Waals surface area contributed by atoms with E-state index in [1.54, 1.807) is 0 Å². The van der Waals surface area contributed by atoms with Crippen molar-refractivity contribution in [2.75, 3.05) is 0 Å². The first-order chi connectivity index (χ1) is 6.90. The smallest absolute Gasteiger partial charge is 0.0991 e. The molecule has 0 atom stereocenters. The first kappa shape index (κ1) is 8.71. The Hall–Kier alpha value is -1.88. The Labute approximate surface area is 83.2 Å². The summed E-state index contributed by atoms with van der Waals surface area (Å²) in [7, 11) is 0. The van der Waals surface area contributed by atoms with Crippen molar-refractivity contribution in [2.24, 2.45) is 4.99 Å². The Morgan fingerprint density at radius 2 is 2.00 bits per heavy atom. The number of allylic oxidation sites excluding steroid dienone is 1. The van der Waals surface area contributed by atoms with Crippen LogP contribution < -0.4 is 0 Å². The van der Waals surface area contributed by atoms with Crippen molar-refractivity contribution >= 4 is 11.8 Å². The van der Waals surface area contributed by atoms with Crippen LogP contribution in [0.5, 0.6) is 0 Å². The summed E-state index contributed by atoms with van der Waals surface area (Å²) in [4.78, 5) is 4.13. The third-order valence-electron chi connectivity index (χ3n) is 2.26. The van der Waals surface area contributed by atoms with Crippen LogP contribution in [0, 0.1) is 11.3 Å². The summed E-state index contributed by atoms with van der Waals surface area (Å²) in [6.45, 7) is 0. The standard InChI is InChI=1S/C12H10N2/c13-8-10-3-5-11(6-4-10)12-2-1-7-14-9-12/h3-7,9H,1-2H2. The quantitative estimate of drug-likeness (QED) is 0.657. The van der Waals surface area contributed by atoms with Gasteiger partial charge in [-0.15, -0.1) is 0 Å². The molecule has 0 saturated carbocycles. The number of hydrogen-bond donors (Lipinski definition) is 0. The van der Waals surface area contributed by atoms with Crippen LogP contribution in [0.3, 0.4) is 0 Å². The molecular formula is C12H10N2. The second-order valence-corrected chi connectivity index (χ2v) is 3.21. The Bertz CT molecular complexity index is 419. The minimum Gasteiger partial charge on any atom is -0.269 e. The third-order valence-corrected chi connectivity index (χ3v) is 2.26. The molecule has 0 fully saturated rings. The summed E-state index contributed by atoms with van der Waals surface area (Å²) in [5, 5.41) is 8.65. The van der Waals surface area contributed by atoms with E-state index in [1.807, 2.05) is 36.7 Å². The van der Waals surface area contributed by atoms with Gasteiger partial charge in [0, 0.05) is 12.4 Å². The monoisotopic (exact) mass is 182 g/mol. The van der Waals surface area contributed by atoms with Gasteiger partial charge >= 0.3 is 0 Å². The van der Waals surface area contributed by atoms with Crippen molar-refractivity contribution in [2.45, 2.75) is 12.8 Å². The number of nitrogens with zero attached hydrogens (tertiary/aromatic N) is 2. The molecule has 14 heavy (non-hydrogen) atoms. The van der Waals surface area contributed by atoms with E-state index in [4.69, 9.17) is 5.26 Å². The second-order valence-electron chi connectivity index (χ2n) is 3.21. The average Bonchev–Trinajstić information content (AvgIpc) is 2.30. The predicted molar refractivity (Wildman–Crippen MR) is 56.9 cm³/mol. The highest BCUT2D eigenvalue weighted by molar-refractivity contribution is 5.73. The summed E-state index contributed by atoms with van der Waals surface area (Å²) in [6, 6.07) is 9.75. The molecule has 2 rings (SSSR count). The molecule has 0 unspecified atom stereocenters. The molecule has 0 spiro atoms. The maximum Gasteiger partial charge on any atom is 0.0991 e. The van der Waals surface area contributed by atoms with E-state index in [-0.39, 0.29) is 0 Å². The summed E-state index contributed by atoms with van der Waals surface area (Å²) in [5.41, 5.74) is 3.12. The highest BCUT2D eigenvalue weighted by Gasteiger charge is 2.03. The third kappa shape index (κ3) is 1.72. The molecule has 0 bridgehead atoms. The first-order valence-electron chi connectivity index (χ1n) is 4.61. The summed E-state index contributed by atoms with van der Waals surface area (Å²) >= 11 is 0. The molecule has 0 aliphatic carbocycles. The minimum atomic E-state index is 0.702. The Morgan fingerprint density at radius 1 is 1.21 bits per heavy atom. The maximum absolute atomic E-state index is 8.65. The van der Waals surface area contributed by atoms with Gasteiger partial charge in [-0.25, -0.2) is 0 Å². The topological polar surface area (TPSA) is 36.1 Å². The molecule has 1 aromatic carbocycles. The van der Waals surface area contributed by atoms with Crippen molar-refractivity contribution in [3.05, 3.63) is 41.6 Å². The van der Waals surface area contributed by atoms with Crippen molar-refractivity contribution in [1.29, 1.82) is 5.26 Å². The van der Waals surface area contributed by atoms with Gasteiger partial charge in [-0.2, -0.15) is 5.26 Å². The van der Waals surface area contributed by atoms with Crippen molar-refractivity contribution < 1.29 is 0 Å². The predicted octanol–water partition coefficient (Wildman–Crippen LogP) is 2.76. The summed E-state index contributed by atoms with van der Waals surface area (Å²) in [6.07, 6.45) is 5.86.